The Bertz CT molecular complexity index is 584. The Balaban J connectivity index is 0.000000200. The van der Waals surface area contributed by atoms with Crippen LogP contribution in [-0.2, 0) is 11.2 Å². The lowest BCUT2D eigenvalue weighted by Gasteiger charge is -1.95. The molecule has 0 atom stereocenters. The summed E-state index contributed by atoms with van der Waals surface area (Å²) in [6.07, 6.45) is 0. The molecule has 0 aromatic heterocycles. The third-order valence-electron chi connectivity index (χ3n) is 2.56. The van der Waals surface area contributed by atoms with Crippen LogP contribution in [0.25, 0.3) is 0 Å². The van der Waals surface area contributed by atoms with Crippen LogP contribution in [-0.4, -0.2) is 0 Å². The van der Waals surface area contributed by atoms with Crippen molar-refractivity contribution >= 4 is 27.5 Å². The van der Waals surface area contributed by atoms with Crippen molar-refractivity contribution in [2.75, 3.05) is 0 Å². The molecule has 2 nitrogen and oxygen atoms in total. The minimum atomic E-state index is 0.406. The minimum absolute atomic E-state index is 0.406. The zero-order valence-electron chi connectivity index (χ0n) is 10.7. The predicted molar refractivity (Wildman–Crippen MR) is 84.5 cm³/mol. The van der Waals surface area contributed by atoms with Gasteiger partial charge >= 0.3 is 0 Å². The first-order valence-corrected chi connectivity index (χ1v) is 7.50. The van der Waals surface area contributed by atoms with Crippen molar-refractivity contribution in [2.45, 2.75) is 11.2 Å². The Labute approximate surface area is 132 Å². The first-order chi connectivity index (χ1) is 9.76. The maximum absolute atomic E-state index is 8.58. The van der Waals surface area contributed by atoms with Gasteiger partial charge in [0.15, 0.2) is 0 Å². The molecule has 0 radical (unpaired) electrons. The van der Waals surface area contributed by atoms with Crippen molar-refractivity contribution in [1.29, 1.82) is 10.5 Å². The zero-order chi connectivity index (χ0) is 14.8. The van der Waals surface area contributed by atoms with Crippen LogP contribution in [0.15, 0.2) is 48.5 Å². The van der Waals surface area contributed by atoms with Gasteiger partial charge in [-0.1, -0.05) is 52.3 Å². The molecule has 2 aromatic carbocycles. The van der Waals surface area contributed by atoms with Gasteiger partial charge in [0.2, 0.25) is 0 Å². The molecule has 2 aromatic rings. The van der Waals surface area contributed by atoms with Gasteiger partial charge in [-0.3, -0.25) is 0 Å². The summed E-state index contributed by atoms with van der Waals surface area (Å²) in [5.74, 6) is 0.406. The van der Waals surface area contributed by atoms with E-state index in [4.69, 9.17) is 22.1 Å². The maximum atomic E-state index is 8.58. The lowest BCUT2D eigenvalue weighted by molar-refractivity contribution is 1.35. The third kappa shape index (κ3) is 4.70. The largest absolute Gasteiger partial charge is 0.192 e. The lowest BCUT2D eigenvalue weighted by atomic mass is 10.1. The highest BCUT2D eigenvalue weighted by Crippen LogP contribution is 2.10. The molecule has 0 spiro atoms. The average Bonchev–Trinajstić information content (AvgIpc) is 2.55. The van der Waals surface area contributed by atoms with E-state index in [1.165, 1.54) is 0 Å². The molecule has 0 aliphatic heterocycles. The van der Waals surface area contributed by atoms with Crippen molar-refractivity contribution in [2.24, 2.45) is 0 Å². The smallest absolute Gasteiger partial charge is 0.0994 e. The van der Waals surface area contributed by atoms with Crippen molar-refractivity contribution < 1.29 is 0 Å². The highest BCUT2D eigenvalue weighted by atomic mass is 79.9. The Morgan fingerprint density at radius 3 is 1.65 bits per heavy atom. The summed E-state index contributed by atoms with van der Waals surface area (Å²) in [6.45, 7) is 0. The summed E-state index contributed by atoms with van der Waals surface area (Å²) in [6, 6.07) is 19.0. The van der Waals surface area contributed by atoms with E-state index < -0.39 is 0 Å². The normalized spacial score (nSPS) is 8.80. The molecule has 2 rings (SSSR count). The number of rotatable bonds is 2. The van der Waals surface area contributed by atoms with Crippen LogP contribution in [0.2, 0.25) is 0 Å². The van der Waals surface area contributed by atoms with E-state index in [-0.39, 0.29) is 0 Å². The average molecular weight is 348 g/mol. The third-order valence-corrected chi connectivity index (χ3v) is 3.46. The summed E-state index contributed by atoms with van der Waals surface area (Å²) in [7, 11) is 0. The molecular formula is C16H12BrClN2. The Morgan fingerprint density at radius 2 is 1.30 bits per heavy atom. The number of halogens is 2. The number of alkyl halides is 2. The van der Waals surface area contributed by atoms with Gasteiger partial charge in [0.1, 0.15) is 0 Å². The molecule has 20 heavy (non-hydrogen) atoms. The van der Waals surface area contributed by atoms with Gasteiger partial charge in [0, 0.05) is 11.2 Å². The molecule has 0 saturated heterocycles. The second kappa shape index (κ2) is 9.15. The first-order valence-electron chi connectivity index (χ1n) is 5.84. The van der Waals surface area contributed by atoms with Crippen LogP contribution >= 0.6 is 27.5 Å². The van der Waals surface area contributed by atoms with Gasteiger partial charge in [0.05, 0.1) is 23.3 Å². The maximum Gasteiger partial charge on any atom is 0.0994 e. The molecule has 0 aliphatic carbocycles. The van der Waals surface area contributed by atoms with Crippen molar-refractivity contribution in [1.82, 2.24) is 0 Å². The molecule has 0 unspecified atom stereocenters. The SMILES string of the molecule is N#Cc1ccccc1CBr.N#Cc1ccccc1CCl. The molecule has 0 amide bonds. The topological polar surface area (TPSA) is 47.6 Å². The molecule has 0 saturated carbocycles. The molecule has 100 valence electrons. The van der Waals surface area contributed by atoms with Crippen LogP contribution in [0.3, 0.4) is 0 Å². The predicted octanol–water partition coefficient (Wildman–Crippen LogP) is 4.75. The summed E-state index contributed by atoms with van der Waals surface area (Å²) in [5.41, 5.74) is 3.36. The van der Waals surface area contributed by atoms with E-state index in [9.17, 15) is 0 Å². The first kappa shape index (κ1) is 16.2. The molecule has 4 heteroatoms. The van der Waals surface area contributed by atoms with E-state index >= 15 is 0 Å². The summed E-state index contributed by atoms with van der Waals surface area (Å²) in [5, 5.41) is 17.9. The second-order valence-corrected chi connectivity index (χ2v) is 4.63. The summed E-state index contributed by atoms with van der Waals surface area (Å²) >= 11 is 8.86. The van der Waals surface area contributed by atoms with E-state index in [1.807, 2.05) is 42.5 Å². The van der Waals surface area contributed by atoms with Crippen molar-refractivity contribution in [3.63, 3.8) is 0 Å². The summed E-state index contributed by atoms with van der Waals surface area (Å²) in [4.78, 5) is 0. The zero-order valence-corrected chi connectivity index (χ0v) is 13.0. The van der Waals surface area contributed by atoms with E-state index in [0.29, 0.717) is 11.4 Å². The quantitative estimate of drug-likeness (QED) is 0.736. The van der Waals surface area contributed by atoms with Gasteiger partial charge < -0.3 is 0 Å². The van der Waals surface area contributed by atoms with Gasteiger partial charge in [-0.05, 0) is 23.3 Å². The fraction of sp³-hybridized carbons (Fsp3) is 0.125. The van der Waals surface area contributed by atoms with Crippen LogP contribution < -0.4 is 0 Å². The number of hydrogen-bond acceptors (Lipinski definition) is 2. The van der Waals surface area contributed by atoms with Crippen LogP contribution in [0.4, 0.5) is 0 Å². The Kier molecular flexibility index (Phi) is 7.43. The van der Waals surface area contributed by atoms with Crippen LogP contribution in [0.1, 0.15) is 22.3 Å². The Morgan fingerprint density at radius 1 is 0.850 bits per heavy atom. The minimum Gasteiger partial charge on any atom is -0.192 e. The standard InChI is InChI=1S/C8H6BrN.C8H6ClN/c2*9-5-7-3-1-2-4-8(7)6-10/h2*1-4H,5H2. The monoisotopic (exact) mass is 346 g/mol. The highest BCUT2D eigenvalue weighted by Gasteiger charge is 1.96. The summed E-state index contributed by atoms with van der Waals surface area (Å²) < 4.78 is 0. The van der Waals surface area contributed by atoms with Gasteiger partial charge in [-0.2, -0.15) is 10.5 Å². The molecule has 0 heterocycles. The second-order valence-electron chi connectivity index (χ2n) is 3.81. The molecule has 0 N–H and O–H groups in total. The fourth-order valence-corrected chi connectivity index (χ4v) is 2.21. The van der Waals surface area contributed by atoms with E-state index in [1.54, 1.807) is 6.07 Å². The van der Waals surface area contributed by atoms with Crippen molar-refractivity contribution in [3.8, 4) is 12.1 Å². The number of nitriles is 2. The number of nitrogens with zero attached hydrogens (tertiary/aromatic N) is 2. The van der Waals surface area contributed by atoms with Gasteiger partial charge in [-0.15, -0.1) is 11.6 Å². The van der Waals surface area contributed by atoms with Gasteiger partial charge in [0.25, 0.3) is 0 Å². The molecule has 0 aliphatic rings. The molecular weight excluding hydrogens is 336 g/mol. The fourth-order valence-electron chi connectivity index (χ4n) is 1.49. The van der Waals surface area contributed by atoms with Gasteiger partial charge in [-0.25, -0.2) is 0 Å². The number of hydrogen-bond donors (Lipinski definition) is 0. The van der Waals surface area contributed by atoms with Crippen molar-refractivity contribution in [3.05, 3.63) is 70.8 Å². The lowest BCUT2D eigenvalue weighted by Crippen LogP contribution is -1.82. The van der Waals surface area contributed by atoms with Crippen LogP contribution in [0.5, 0.6) is 0 Å². The van der Waals surface area contributed by atoms with E-state index in [2.05, 4.69) is 28.1 Å². The molecule has 0 bridgehead atoms. The van der Waals surface area contributed by atoms with Crippen LogP contribution in [0, 0.1) is 22.7 Å². The highest BCUT2D eigenvalue weighted by molar-refractivity contribution is 9.08. The van der Waals surface area contributed by atoms with E-state index in [0.717, 1.165) is 22.0 Å². The number of benzene rings is 2. The molecule has 0 fully saturated rings. The Hall–Kier alpha value is -1.81.